The molecule has 0 bridgehead atoms. The molecular weight excluding hydrogens is 398 g/mol. The molecular formula is C32H31N. The molecule has 0 fully saturated rings. The van der Waals surface area contributed by atoms with Gasteiger partial charge in [0.2, 0.25) is 0 Å². The summed E-state index contributed by atoms with van der Waals surface area (Å²) in [7, 11) is 0. The average Bonchev–Trinajstić information content (AvgIpc) is 3.19. The van der Waals surface area contributed by atoms with Crippen molar-refractivity contribution in [3.8, 4) is 22.3 Å². The summed E-state index contributed by atoms with van der Waals surface area (Å²) in [6, 6.07) is 17.0. The Morgan fingerprint density at radius 3 is 1.94 bits per heavy atom. The van der Waals surface area contributed by atoms with Gasteiger partial charge in [0, 0.05) is 11.1 Å². The highest BCUT2D eigenvalue weighted by molar-refractivity contribution is 6.28. The second-order valence-electron chi connectivity index (χ2n) is 9.34. The molecule has 4 aromatic rings. The summed E-state index contributed by atoms with van der Waals surface area (Å²) in [6.07, 6.45) is 0. The third-order valence-electron chi connectivity index (χ3n) is 6.33. The molecule has 33 heavy (non-hydrogen) atoms. The molecule has 0 unspecified atom stereocenters. The smallest absolute Gasteiger partial charge is 0.0800 e. The van der Waals surface area contributed by atoms with Gasteiger partial charge in [-0.3, -0.25) is 0 Å². The summed E-state index contributed by atoms with van der Waals surface area (Å²) in [4.78, 5) is 5.38. The predicted molar refractivity (Wildman–Crippen MR) is 142 cm³/mol. The Morgan fingerprint density at radius 2 is 1.30 bits per heavy atom. The highest BCUT2D eigenvalue weighted by Crippen LogP contribution is 2.45. The van der Waals surface area contributed by atoms with Crippen LogP contribution in [0.4, 0.5) is 5.69 Å². The Bertz CT molecular complexity index is 1580. The van der Waals surface area contributed by atoms with Crippen molar-refractivity contribution in [3.05, 3.63) is 113 Å². The molecule has 1 heteroatoms. The van der Waals surface area contributed by atoms with E-state index in [0.29, 0.717) is 5.56 Å². The zero-order chi connectivity index (χ0) is 27.5. The maximum atomic E-state index is 8.72. The van der Waals surface area contributed by atoms with Gasteiger partial charge in [-0.1, -0.05) is 113 Å². The third kappa shape index (κ3) is 3.72. The van der Waals surface area contributed by atoms with Gasteiger partial charge in [0.25, 0.3) is 0 Å². The summed E-state index contributed by atoms with van der Waals surface area (Å²) >= 11 is 0. The van der Waals surface area contributed by atoms with Crippen molar-refractivity contribution in [1.82, 2.24) is 0 Å². The maximum absolute atomic E-state index is 8.72. The molecule has 0 aliphatic heterocycles. The molecule has 5 rings (SSSR count). The van der Waals surface area contributed by atoms with Crippen LogP contribution < -0.4 is 0 Å². The van der Waals surface area contributed by atoms with Crippen LogP contribution in [0.3, 0.4) is 0 Å². The molecule has 0 saturated heterocycles. The summed E-state index contributed by atoms with van der Waals surface area (Å²) in [5.41, 5.74) is 9.59. The number of benzene rings is 4. The van der Waals surface area contributed by atoms with Gasteiger partial charge in [-0.25, -0.2) is 4.99 Å². The first-order valence-electron chi connectivity index (χ1n) is 14.1. The van der Waals surface area contributed by atoms with Crippen LogP contribution in [0.2, 0.25) is 0 Å². The van der Waals surface area contributed by atoms with Crippen LogP contribution >= 0.6 is 0 Å². The number of nitrogens with zero attached hydrogens (tertiary/aromatic N) is 1. The van der Waals surface area contributed by atoms with E-state index in [1.165, 1.54) is 0 Å². The highest BCUT2D eigenvalue weighted by atomic mass is 14.8. The van der Waals surface area contributed by atoms with Gasteiger partial charge in [-0.15, -0.1) is 0 Å². The first kappa shape index (κ1) is 16.2. The van der Waals surface area contributed by atoms with E-state index >= 15 is 0 Å². The van der Waals surface area contributed by atoms with Crippen LogP contribution in [0.5, 0.6) is 0 Å². The fourth-order valence-electron chi connectivity index (χ4n) is 4.76. The first-order chi connectivity index (χ1) is 18.0. The SMILES string of the molecule is [2H]c1c([2H])c([2H])c(-c2cc(C)cc3c2C(=Nc2c(C(C)C)cccc2C(C)C)c2ccccc2-3)c([2H])c1[2H]. The van der Waals surface area contributed by atoms with Gasteiger partial charge >= 0.3 is 0 Å². The van der Waals surface area contributed by atoms with E-state index in [0.717, 1.165) is 50.3 Å². The standard InChI is InChI=1S/C32H31N/c1-20(2)24-16-11-17-25(21(3)4)31(24)33-32-27-15-10-9-14-26(27)29-19-22(5)18-28(30(29)32)23-12-7-6-8-13-23/h6-21H,1-5H3/i6D,7D,8D,12D,13D. The van der Waals surface area contributed by atoms with Crippen molar-refractivity contribution in [1.29, 1.82) is 0 Å². The molecule has 1 aliphatic carbocycles. The number of aliphatic imine (C=N–C) groups is 1. The van der Waals surface area contributed by atoms with Crippen LogP contribution in [-0.2, 0) is 0 Å². The normalized spacial score (nSPS) is 15.7. The summed E-state index contributed by atoms with van der Waals surface area (Å²) in [6.45, 7) is 10.6. The Kier molecular flexibility index (Phi) is 4.16. The van der Waals surface area contributed by atoms with E-state index in [4.69, 9.17) is 11.8 Å². The first-order valence-corrected chi connectivity index (χ1v) is 11.6. The summed E-state index contributed by atoms with van der Waals surface area (Å²) in [5.74, 6) is 0.533. The fourth-order valence-corrected chi connectivity index (χ4v) is 4.76. The van der Waals surface area contributed by atoms with Gasteiger partial charge < -0.3 is 0 Å². The van der Waals surface area contributed by atoms with Gasteiger partial charge in [-0.05, 0) is 57.7 Å². The second kappa shape index (κ2) is 8.48. The number of hydrogen-bond donors (Lipinski definition) is 0. The molecule has 4 aromatic carbocycles. The molecule has 164 valence electrons. The third-order valence-corrected chi connectivity index (χ3v) is 6.33. The second-order valence-corrected chi connectivity index (χ2v) is 9.34. The Hall–Kier alpha value is -3.45. The molecule has 0 aromatic heterocycles. The van der Waals surface area contributed by atoms with Crippen molar-refractivity contribution in [2.75, 3.05) is 0 Å². The molecule has 1 aliphatic rings. The predicted octanol–water partition coefficient (Wildman–Crippen LogP) is 9.06. The molecule has 0 atom stereocenters. The summed E-state index contributed by atoms with van der Waals surface area (Å²) < 4.78 is 42.2. The zero-order valence-corrected chi connectivity index (χ0v) is 19.8. The van der Waals surface area contributed by atoms with Gasteiger partial charge in [0.1, 0.15) is 0 Å². The topological polar surface area (TPSA) is 12.4 Å². The lowest BCUT2D eigenvalue weighted by Gasteiger charge is -2.18. The van der Waals surface area contributed by atoms with E-state index < -0.39 is 6.04 Å². The maximum Gasteiger partial charge on any atom is 0.0800 e. The molecule has 1 nitrogen and oxygen atoms in total. The number of para-hydroxylation sites is 1. The van der Waals surface area contributed by atoms with Crippen molar-refractivity contribution < 1.29 is 6.85 Å². The molecule has 0 spiro atoms. The van der Waals surface area contributed by atoms with Crippen molar-refractivity contribution >= 4 is 11.4 Å². The molecule has 0 amide bonds. The average molecular weight is 435 g/mol. The number of fused-ring (bicyclic) bond motifs is 3. The lowest BCUT2D eigenvalue weighted by atomic mass is 9.91. The van der Waals surface area contributed by atoms with Crippen LogP contribution in [0, 0.1) is 6.92 Å². The van der Waals surface area contributed by atoms with E-state index in [-0.39, 0.29) is 41.6 Å². The quantitative estimate of drug-likeness (QED) is 0.267. The van der Waals surface area contributed by atoms with Gasteiger partial charge in [-0.2, -0.15) is 0 Å². The van der Waals surface area contributed by atoms with Crippen molar-refractivity contribution in [3.63, 3.8) is 0 Å². The summed E-state index contributed by atoms with van der Waals surface area (Å²) in [5, 5.41) is 0. The minimum atomic E-state index is -0.391. The molecule has 0 saturated carbocycles. The van der Waals surface area contributed by atoms with Crippen LogP contribution in [0.25, 0.3) is 22.3 Å². The van der Waals surface area contributed by atoms with Crippen molar-refractivity contribution in [2.24, 2.45) is 4.99 Å². The van der Waals surface area contributed by atoms with Crippen LogP contribution in [0.1, 0.15) is 74.2 Å². The van der Waals surface area contributed by atoms with Gasteiger partial charge in [0.05, 0.1) is 18.3 Å². The Balaban J connectivity index is 1.93. The lowest BCUT2D eigenvalue weighted by molar-refractivity contribution is 0.835. The molecule has 0 N–H and O–H groups in total. The zero-order valence-electron chi connectivity index (χ0n) is 24.8. The van der Waals surface area contributed by atoms with E-state index in [1.807, 2.05) is 25.1 Å². The lowest BCUT2D eigenvalue weighted by Crippen LogP contribution is -2.03. The minimum absolute atomic E-state index is 0.204. The number of rotatable bonds is 4. The van der Waals surface area contributed by atoms with E-state index in [9.17, 15) is 0 Å². The monoisotopic (exact) mass is 434 g/mol. The van der Waals surface area contributed by atoms with Gasteiger partial charge in [0.15, 0.2) is 0 Å². The Morgan fingerprint density at radius 1 is 0.697 bits per heavy atom. The van der Waals surface area contributed by atoms with E-state index in [2.05, 4.69) is 64.1 Å². The molecule has 0 radical (unpaired) electrons. The fraction of sp³-hybridized carbons (Fsp3) is 0.219. The number of aryl methyl sites for hydroxylation is 1. The van der Waals surface area contributed by atoms with Crippen LogP contribution in [0.15, 0.2) is 89.8 Å². The number of hydrogen-bond acceptors (Lipinski definition) is 1. The van der Waals surface area contributed by atoms with Crippen molar-refractivity contribution in [2.45, 2.75) is 46.5 Å². The van der Waals surface area contributed by atoms with E-state index in [1.54, 1.807) is 0 Å². The largest absolute Gasteiger partial charge is 0.247 e. The Labute approximate surface area is 204 Å². The highest BCUT2D eigenvalue weighted by Gasteiger charge is 2.29. The molecule has 0 heterocycles. The minimum Gasteiger partial charge on any atom is -0.247 e. The van der Waals surface area contributed by atoms with Crippen LogP contribution in [-0.4, -0.2) is 5.71 Å².